The molecule has 0 aromatic carbocycles. The smallest absolute Gasteiger partial charge is 0.327 e. The molecule has 0 bridgehead atoms. The van der Waals surface area contributed by atoms with Crippen molar-refractivity contribution >= 4 is 29.7 Å². The Hall–Kier alpha value is -1.44. The number of carboxylic acid groups (broad SMARTS) is 1. The van der Waals surface area contributed by atoms with Crippen molar-refractivity contribution in [2.24, 2.45) is 5.92 Å². The maximum Gasteiger partial charge on any atom is 0.327 e. The minimum absolute atomic E-state index is 0.0717. The van der Waals surface area contributed by atoms with Crippen molar-refractivity contribution in [2.75, 3.05) is 12.3 Å². The zero-order valence-corrected chi connectivity index (χ0v) is 12.4. The molecule has 2 atom stereocenters. The summed E-state index contributed by atoms with van der Waals surface area (Å²) >= 11 is 1.52. The highest BCUT2D eigenvalue weighted by Gasteiger charge is 2.48. The Labute approximate surface area is 126 Å². The molecule has 3 N–H and O–H groups in total. The van der Waals surface area contributed by atoms with Crippen molar-refractivity contribution in [2.45, 2.75) is 43.1 Å². The van der Waals surface area contributed by atoms with Crippen LogP contribution in [0.5, 0.6) is 0 Å². The molecule has 2 unspecified atom stereocenters. The van der Waals surface area contributed by atoms with Gasteiger partial charge in [0.2, 0.25) is 5.91 Å². The third-order valence-electron chi connectivity index (χ3n) is 3.92. The summed E-state index contributed by atoms with van der Waals surface area (Å²) in [4.78, 5) is 36.6. The van der Waals surface area contributed by atoms with Crippen molar-refractivity contribution < 1.29 is 19.5 Å². The Morgan fingerprint density at radius 1 is 1.19 bits per heavy atom. The van der Waals surface area contributed by atoms with Gasteiger partial charge in [0.15, 0.2) is 0 Å². The van der Waals surface area contributed by atoms with E-state index >= 15 is 0 Å². The van der Waals surface area contributed by atoms with Crippen LogP contribution in [0, 0.1) is 5.92 Å². The number of aliphatic carboxylic acids is 1. The third kappa shape index (κ3) is 3.42. The van der Waals surface area contributed by atoms with Gasteiger partial charge in [0.25, 0.3) is 0 Å². The average Bonchev–Trinajstić information content (AvgIpc) is 3.36. The van der Waals surface area contributed by atoms with Crippen LogP contribution in [0.25, 0.3) is 0 Å². The van der Waals surface area contributed by atoms with Crippen LogP contribution in [0.3, 0.4) is 0 Å². The predicted molar refractivity (Wildman–Crippen MR) is 76.8 cm³/mol. The molecule has 0 radical (unpaired) electrons. The van der Waals surface area contributed by atoms with Gasteiger partial charge in [0, 0.05) is 11.8 Å². The van der Waals surface area contributed by atoms with E-state index in [1.165, 1.54) is 16.7 Å². The maximum absolute atomic E-state index is 12.3. The Bertz CT molecular complexity index is 464. The number of rotatable bonds is 5. The molecule has 2 aliphatic carbocycles. The molecule has 1 saturated heterocycles. The van der Waals surface area contributed by atoms with Gasteiger partial charge in [-0.2, -0.15) is 0 Å². The predicted octanol–water partition coefficient (Wildman–Crippen LogP) is 0.213. The van der Waals surface area contributed by atoms with E-state index in [1.54, 1.807) is 0 Å². The van der Waals surface area contributed by atoms with Crippen molar-refractivity contribution in [1.29, 1.82) is 0 Å². The molecule has 2 saturated carbocycles. The summed E-state index contributed by atoms with van der Waals surface area (Å²) in [5.41, 5.74) is 0. The lowest BCUT2D eigenvalue weighted by Gasteiger charge is -2.27. The molecular weight excluding hydrogens is 294 g/mol. The fourth-order valence-corrected chi connectivity index (χ4v) is 4.10. The van der Waals surface area contributed by atoms with E-state index in [1.807, 2.05) is 0 Å². The van der Waals surface area contributed by atoms with E-state index in [0.717, 1.165) is 25.7 Å². The zero-order valence-electron chi connectivity index (χ0n) is 11.6. The molecule has 0 spiro atoms. The molecule has 3 amide bonds. The fourth-order valence-electron chi connectivity index (χ4n) is 2.47. The highest BCUT2D eigenvalue weighted by atomic mass is 32.2. The number of carboxylic acids is 1. The maximum atomic E-state index is 12.3. The van der Waals surface area contributed by atoms with Crippen LogP contribution in [0.15, 0.2) is 0 Å². The van der Waals surface area contributed by atoms with Gasteiger partial charge in [-0.05, 0) is 31.6 Å². The number of urea groups is 1. The summed E-state index contributed by atoms with van der Waals surface area (Å²) in [6, 6.07) is -0.995. The van der Waals surface area contributed by atoms with Gasteiger partial charge in [-0.3, -0.25) is 9.69 Å². The number of thioether (sulfide) groups is 1. The minimum Gasteiger partial charge on any atom is -0.480 e. The highest BCUT2D eigenvalue weighted by Crippen LogP contribution is 2.45. The second kappa shape index (κ2) is 5.75. The van der Waals surface area contributed by atoms with Gasteiger partial charge >= 0.3 is 12.0 Å². The van der Waals surface area contributed by atoms with E-state index < -0.39 is 18.0 Å². The van der Waals surface area contributed by atoms with E-state index in [-0.39, 0.29) is 23.9 Å². The molecule has 0 aromatic heterocycles. The van der Waals surface area contributed by atoms with E-state index in [0.29, 0.717) is 11.7 Å². The third-order valence-corrected chi connectivity index (χ3v) is 5.38. The Balaban J connectivity index is 1.56. The first-order valence-corrected chi connectivity index (χ1v) is 8.31. The number of hydrogen-bond acceptors (Lipinski definition) is 4. The average molecular weight is 313 g/mol. The van der Waals surface area contributed by atoms with Gasteiger partial charge in [0.05, 0.1) is 11.9 Å². The summed E-state index contributed by atoms with van der Waals surface area (Å²) in [6.07, 6.45) is 4.06. The van der Waals surface area contributed by atoms with Crippen LogP contribution >= 0.6 is 11.8 Å². The molecule has 116 valence electrons. The Kier molecular flexibility index (Phi) is 3.97. The quantitative estimate of drug-likeness (QED) is 0.674. The molecule has 21 heavy (non-hydrogen) atoms. The van der Waals surface area contributed by atoms with Crippen molar-refractivity contribution in [3.05, 3.63) is 0 Å². The van der Waals surface area contributed by atoms with Crippen LogP contribution < -0.4 is 10.6 Å². The largest absolute Gasteiger partial charge is 0.480 e. The number of carbonyl (C=O) groups is 3. The molecule has 1 aliphatic heterocycles. The van der Waals surface area contributed by atoms with E-state index in [2.05, 4.69) is 10.6 Å². The zero-order chi connectivity index (χ0) is 15.0. The van der Waals surface area contributed by atoms with Crippen LogP contribution in [0.4, 0.5) is 4.79 Å². The number of amides is 3. The molecule has 0 aromatic rings. The monoisotopic (exact) mass is 313 g/mol. The van der Waals surface area contributed by atoms with Crippen molar-refractivity contribution in [3.8, 4) is 0 Å². The van der Waals surface area contributed by atoms with E-state index in [4.69, 9.17) is 0 Å². The summed E-state index contributed by atoms with van der Waals surface area (Å²) in [5.74, 6) is -0.390. The molecule has 8 heteroatoms. The lowest BCUT2D eigenvalue weighted by Crippen LogP contribution is -2.52. The summed E-state index contributed by atoms with van der Waals surface area (Å²) in [5, 5.41) is 14.5. The second-order valence-corrected chi connectivity index (χ2v) is 6.97. The first kappa shape index (κ1) is 14.5. The van der Waals surface area contributed by atoms with Gasteiger partial charge in [-0.1, -0.05) is 0 Å². The lowest BCUT2D eigenvalue weighted by atomic mass is 10.2. The van der Waals surface area contributed by atoms with Crippen LogP contribution in [-0.2, 0) is 9.59 Å². The van der Waals surface area contributed by atoms with E-state index in [9.17, 15) is 19.5 Å². The second-order valence-electron chi connectivity index (χ2n) is 5.82. The summed E-state index contributed by atoms with van der Waals surface area (Å²) in [7, 11) is 0. The van der Waals surface area contributed by atoms with Gasteiger partial charge in [0.1, 0.15) is 6.04 Å². The lowest BCUT2D eigenvalue weighted by molar-refractivity contribution is -0.141. The first-order chi connectivity index (χ1) is 10.1. The Morgan fingerprint density at radius 3 is 2.48 bits per heavy atom. The topological polar surface area (TPSA) is 98.7 Å². The van der Waals surface area contributed by atoms with Crippen molar-refractivity contribution in [3.63, 3.8) is 0 Å². The van der Waals surface area contributed by atoms with Gasteiger partial charge in [-0.25, -0.2) is 9.59 Å². The van der Waals surface area contributed by atoms with Crippen LogP contribution in [0.1, 0.15) is 25.7 Å². The SMILES string of the molecule is O=C(CNC(=O)N1C(C(=O)O)CSC1C1CC1)NC1CC1. The Morgan fingerprint density at radius 2 is 1.90 bits per heavy atom. The highest BCUT2D eigenvalue weighted by molar-refractivity contribution is 8.00. The molecule has 7 nitrogen and oxygen atoms in total. The van der Waals surface area contributed by atoms with Gasteiger partial charge < -0.3 is 15.7 Å². The molecular formula is C13H19N3O4S. The van der Waals surface area contributed by atoms with Crippen molar-refractivity contribution in [1.82, 2.24) is 15.5 Å². The van der Waals surface area contributed by atoms with Crippen LogP contribution in [0.2, 0.25) is 0 Å². The summed E-state index contributed by atoms with van der Waals surface area (Å²) in [6.45, 7) is -0.0970. The standard InChI is InChI=1S/C13H19N3O4S/c17-10(15-8-3-4-8)5-14-13(20)16-9(12(18)19)6-21-11(16)7-1-2-7/h7-9,11H,1-6H2,(H,14,20)(H,15,17)(H,18,19). The number of nitrogens with zero attached hydrogens (tertiary/aromatic N) is 1. The van der Waals surface area contributed by atoms with Gasteiger partial charge in [-0.15, -0.1) is 11.8 Å². The number of carbonyl (C=O) groups excluding carboxylic acids is 2. The molecule has 3 rings (SSSR count). The minimum atomic E-state index is -0.983. The summed E-state index contributed by atoms with van der Waals surface area (Å²) < 4.78 is 0. The first-order valence-electron chi connectivity index (χ1n) is 7.26. The molecule has 3 aliphatic rings. The number of hydrogen-bond donors (Lipinski definition) is 3. The normalized spacial score (nSPS) is 28.3. The van der Waals surface area contributed by atoms with Crippen LogP contribution in [-0.4, -0.2) is 57.7 Å². The number of nitrogens with one attached hydrogen (secondary N) is 2. The fraction of sp³-hybridized carbons (Fsp3) is 0.769. The molecule has 1 heterocycles. The molecule has 3 fully saturated rings.